The lowest BCUT2D eigenvalue weighted by Crippen LogP contribution is -2.05. The molecule has 7 nitrogen and oxygen atoms in total. The van der Waals surface area contributed by atoms with Crippen molar-refractivity contribution >= 4 is 17.0 Å². The van der Waals surface area contributed by atoms with Gasteiger partial charge in [-0.05, 0) is 12.1 Å². The lowest BCUT2D eigenvalue weighted by Gasteiger charge is -2.04. The van der Waals surface area contributed by atoms with E-state index in [2.05, 4.69) is 15.1 Å². The number of aromatic carboxylic acids is 1. The zero-order valence-electron chi connectivity index (χ0n) is 11.7. The van der Waals surface area contributed by atoms with E-state index in [4.69, 9.17) is 4.52 Å². The SMILES string of the molecule is CCc1nc2c(C(=O)O)cccc2n1Cc1noc(C)n1. The molecule has 0 aliphatic rings. The van der Waals surface area contributed by atoms with Crippen LogP contribution in [-0.2, 0) is 13.0 Å². The Hall–Kier alpha value is -2.70. The predicted octanol–water partition coefficient (Wildman–Crippen LogP) is 2.04. The molecule has 3 aromatic rings. The van der Waals surface area contributed by atoms with Crippen LogP contribution in [0.25, 0.3) is 11.0 Å². The molecule has 0 saturated heterocycles. The summed E-state index contributed by atoms with van der Waals surface area (Å²) in [5.41, 5.74) is 1.45. The van der Waals surface area contributed by atoms with Gasteiger partial charge in [0.05, 0.1) is 17.6 Å². The first-order valence-corrected chi connectivity index (χ1v) is 6.60. The van der Waals surface area contributed by atoms with E-state index in [1.54, 1.807) is 19.1 Å². The Morgan fingerprint density at radius 2 is 2.19 bits per heavy atom. The van der Waals surface area contributed by atoms with Crippen molar-refractivity contribution in [3.05, 3.63) is 41.3 Å². The lowest BCUT2D eigenvalue weighted by atomic mass is 10.2. The van der Waals surface area contributed by atoms with E-state index in [-0.39, 0.29) is 5.56 Å². The maximum Gasteiger partial charge on any atom is 0.337 e. The fraction of sp³-hybridized carbons (Fsp3) is 0.286. The number of benzene rings is 1. The summed E-state index contributed by atoms with van der Waals surface area (Å²) in [5.74, 6) is 0.852. The summed E-state index contributed by atoms with van der Waals surface area (Å²) in [5, 5.41) is 13.1. The highest BCUT2D eigenvalue weighted by Gasteiger charge is 2.17. The third-order valence-corrected chi connectivity index (χ3v) is 3.27. The van der Waals surface area contributed by atoms with Gasteiger partial charge in [-0.2, -0.15) is 4.98 Å². The van der Waals surface area contributed by atoms with Gasteiger partial charge >= 0.3 is 5.97 Å². The van der Waals surface area contributed by atoms with E-state index >= 15 is 0 Å². The lowest BCUT2D eigenvalue weighted by molar-refractivity contribution is 0.0699. The number of aryl methyl sites for hydroxylation is 2. The van der Waals surface area contributed by atoms with Gasteiger partial charge in [0.15, 0.2) is 5.82 Å². The molecule has 0 radical (unpaired) electrons. The molecule has 0 bridgehead atoms. The second-order valence-corrected chi connectivity index (χ2v) is 4.68. The van der Waals surface area contributed by atoms with Crippen LogP contribution >= 0.6 is 0 Å². The molecule has 2 aromatic heterocycles. The number of carbonyl (C=O) groups is 1. The minimum atomic E-state index is -0.983. The van der Waals surface area contributed by atoms with E-state index < -0.39 is 5.97 Å². The minimum absolute atomic E-state index is 0.199. The number of nitrogens with zero attached hydrogens (tertiary/aromatic N) is 4. The maximum atomic E-state index is 11.3. The van der Waals surface area contributed by atoms with Crippen molar-refractivity contribution in [1.29, 1.82) is 0 Å². The average molecular weight is 286 g/mol. The molecule has 1 aromatic carbocycles. The number of aromatic nitrogens is 4. The first-order chi connectivity index (χ1) is 10.1. The zero-order valence-corrected chi connectivity index (χ0v) is 11.7. The van der Waals surface area contributed by atoms with Crippen LogP contribution in [0.3, 0.4) is 0 Å². The Balaban J connectivity index is 2.16. The molecular formula is C14H14N4O3. The van der Waals surface area contributed by atoms with Gasteiger partial charge in [0.25, 0.3) is 0 Å². The first-order valence-electron chi connectivity index (χ1n) is 6.60. The topological polar surface area (TPSA) is 94.0 Å². The molecule has 2 heterocycles. The fourth-order valence-electron chi connectivity index (χ4n) is 2.36. The second-order valence-electron chi connectivity index (χ2n) is 4.68. The van der Waals surface area contributed by atoms with Gasteiger partial charge in [0.2, 0.25) is 5.89 Å². The largest absolute Gasteiger partial charge is 0.478 e. The average Bonchev–Trinajstić information content (AvgIpc) is 3.03. The molecule has 21 heavy (non-hydrogen) atoms. The van der Waals surface area contributed by atoms with E-state index in [0.29, 0.717) is 30.2 Å². The van der Waals surface area contributed by atoms with Crippen molar-refractivity contribution in [2.45, 2.75) is 26.8 Å². The summed E-state index contributed by atoms with van der Waals surface area (Å²) in [6.45, 7) is 4.10. The van der Waals surface area contributed by atoms with Crippen molar-refractivity contribution in [3.63, 3.8) is 0 Å². The van der Waals surface area contributed by atoms with E-state index in [1.807, 2.05) is 17.6 Å². The van der Waals surface area contributed by atoms with Crippen molar-refractivity contribution in [1.82, 2.24) is 19.7 Å². The van der Waals surface area contributed by atoms with Crippen LogP contribution in [0.5, 0.6) is 0 Å². The molecule has 0 aliphatic carbocycles. The van der Waals surface area contributed by atoms with Crippen LogP contribution in [0.4, 0.5) is 0 Å². The van der Waals surface area contributed by atoms with Gasteiger partial charge in [-0.3, -0.25) is 0 Å². The number of hydrogen-bond donors (Lipinski definition) is 1. The molecule has 0 saturated carbocycles. The minimum Gasteiger partial charge on any atom is -0.478 e. The fourth-order valence-corrected chi connectivity index (χ4v) is 2.36. The van der Waals surface area contributed by atoms with Crippen molar-refractivity contribution in [2.24, 2.45) is 0 Å². The smallest absolute Gasteiger partial charge is 0.337 e. The molecule has 0 atom stereocenters. The molecule has 3 rings (SSSR count). The number of carboxylic acids is 1. The quantitative estimate of drug-likeness (QED) is 0.788. The van der Waals surface area contributed by atoms with Crippen LogP contribution in [0.15, 0.2) is 22.7 Å². The molecular weight excluding hydrogens is 272 g/mol. The number of hydrogen-bond acceptors (Lipinski definition) is 5. The van der Waals surface area contributed by atoms with Gasteiger partial charge in [-0.1, -0.05) is 18.1 Å². The molecule has 0 unspecified atom stereocenters. The summed E-state index contributed by atoms with van der Waals surface area (Å²) >= 11 is 0. The summed E-state index contributed by atoms with van der Waals surface area (Å²) in [4.78, 5) is 19.9. The van der Waals surface area contributed by atoms with Crippen molar-refractivity contribution in [3.8, 4) is 0 Å². The van der Waals surface area contributed by atoms with Gasteiger partial charge in [-0.25, -0.2) is 9.78 Å². The van der Waals surface area contributed by atoms with E-state index in [9.17, 15) is 9.90 Å². The number of rotatable bonds is 4. The van der Waals surface area contributed by atoms with Crippen LogP contribution in [0.1, 0.15) is 34.8 Å². The number of imidazole rings is 1. The monoisotopic (exact) mass is 286 g/mol. The Kier molecular flexibility index (Phi) is 3.17. The zero-order chi connectivity index (χ0) is 15.0. The highest BCUT2D eigenvalue weighted by Crippen LogP contribution is 2.21. The summed E-state index contributed by atoms with van der Waals surface area (Å²) in [6.07, 6.45) is 0.685. The molecule has 108 valence electrons. The molecule has 0 spiro atoms. The Labute approximate surface area is 120 Å². The Morgan fingerprint density at radius 1 is 1.38 bits per heavy atom. The summed E-state index contributed by atoms with van der Waals surface area (Å²) in [7, 11) is 0. The summed E-state index contributed by atoms with van der Waals surface area (Å²) < 4.78 is 6.89. The van der Waals surface area contributed by atoms with Crippen molar-refractivity contribution in [2.75, 3.05) is 0 Å². The molecule has 0 fully saturated rings. The van der Waals surface area contributed by atoms with Gasteiger partial charge in [0, 0.05) is 13.3 Å². The number of carboxylic acid groups (broad SMARTS) is 1. The number of para-hydroxylation sites is 1. The molecule has 7 heteroatoms. The third kappa shape index (κ3) is 2.26. The van der Waals surface area contributed by atoms with Crippen LogP contribution in [-0.4, -0.2) is 30.8 Å². The van der Waals surface area contributed by atoms with Gasteiger partial charge in [-0.15, -0.1) is 0 Å². The van der Waals surface area contributed by atoms with Gasteiger partial charge < -0.3 is 14.2 Å². The van der Waals surface area contributed by atoms with Gasteiger partial charge in [0.1, 0.15) is 11.3 Å². The maximum absolute atomic E-state index is 11.3. The van der Waals surface area contributed by atoms with Crippen LogP contribution < -0.4 is 0 Å². The normalized spacial score (nSPS) is 11.1. The highest BCUT2D eigenvalue weighted by atomic mass is 16.5. The molecule has 0 amide bonds. The highest BCUT2D eigenvalue weighted by molar-refractivity contribution is 6.01. The third-order valence-electron chi connectivity index (χ3n) is 3.27. The standard InChI is InChI=1S/C14H14N4O3/c1-3-12-16-13-9(14(19)20)5-4-6-10(13)18(12)7-11-15-8(2)21-17-11/h4-6H,3,7H2,1-2H3,(H,19,20). The van der Waals surface area contributed by atoms with Crippen LogP contribution in [0, 0.1) is 6.92 Å². The Bertz CT molecular complexity index is 819. The predicted molar refractivity (Wildman–Crippen MR) is 74.2 cm³/mol. The molecule has 1 N–H and O–H groups in total. The van der Waals surface area contributed by atoms with E-state index in [0.717, 1.165) is 11.3 Å². The molecule has 0 aliphatic heterocycles. The van der Waals surface area contributed by atoms with Crippen molar-refractivity contribution < 1.29 is 14.4 Å². The Morgan fingerprint density at radius 3 is 2.81 bits per heavy atom. The summed E-state index contributed by atoms with van der Waals surface area (Å²) in [6, 6.07) is 5.12. The van der Waals surface area contributed by atoms with E-state index in [1.165, 1.54) is 0 Å². The first kappa shape index (κ1) is 13.3. The number of fused-ring (bicyclic) bond motifs is 1. The van der Waals surface area contributed by atoms with Crippen LogP contribution in [0.2, 0.25) is 0 Å². The second kappa shape index (κ2) is 5.01.